The highest BCUT2D eigenvalue weighted by Gasteiger charge is 2.15. The Morgan fingerprint density at radius 3 is 2.88 bits per heavy atom. The number of rotatable bonds is 4. The van der Waals surface area contributed by atoms with Crippen LogP contribution < -0.4 is 5.73 Å². The molecular weight excluding hydrogens is 333 g/mol. The Kier molecular flexibility index (Phi) is 5.28. The fourth-order valence-corrected chi connectivity index (χ4v) is 2.42. The molecule has 0 amide bonds. The summed E-state index contributed by atoms with van der Waals surface area (Å²) in [5.74, 6) is -0.399. The molecule has 3 aromatic rings. The van der Waals surface area contributed by atoms with E-state index in [4.69, 9.17) is 5.73 Å². The second-order valence-electron chi connectivity index (χ2n) is 4.98. The fourth-order valence-electron chi connectivity index (χ4n) is 2.42. The molecular formula is C15H15ClFN7. The van der Waals surface area contributed by atoms with Gasteiger partial charge in [0.05, 0.1) is 29.4 Å². The van der Waals surface area contributed by atoms with E-state index < -0.39 is 5.83 Å². The van der Waals surface area contributed by atoms with Crippen molar-refractivity contribution < 1.29 is 4.39 Å². The summed E-state index contributed by atoms with van der Waals surface area (Å²) in [6.45, 7) is 0.0373. The SMILES string of the molecule is Cl.Cn1nccc1-c1cc(C#N)cc2c1nnn2C/C(F)=C/CN. The van der Waals surface area contributed by atoms with E-state index in [1.807, 2.05) is 6.07 Å². The van der Waals surface area contributed by atoms with Gasteiger partial charge in [-0.1, -0.05) is 5.21 Å². The predicted octanol–water partition coefficient (Wildman–Crippen LogP) is 1.94. The minimum atomic E-state index is -0.399. The van der Waals surface area contributed by atoms with E-state index in [0.717, 1.165) is 11.3 Å². The van der Waals surface area contributed by atoms with Crippen molar-refractivity contribution in [3.63, 3.8) is 0 Å². The van der Waals surface area contributed by atoms with Gasteiger partial charge in [0.1, 0.15) is 11.3 Å². The topological polar surface area (TPSA) is 98.3 Å². The van der Waals surface area contributed by atoms with Crippen LogP contribution in [0.4, 0.5) is 4.39 Å². The van der Waals surface area contributed by atoms with Crippen LogP contribution in [0.5, 0.6) is 0 Å². The number of allylic oxidation sites excluding steroid dienone is 1. The van der Waals surface area contributed by atoms with Crippen molar-refractivity contribution >= 4 is 23.4 Å². The quantitative estimate of drug-likeness (QED) is 0.777. The maximum Gasteiger partial charge on any atom is 0.122 e. The maximum atomic E-state index is 13.7. The van der Waals surface area contributed by atoms with Gasteiger partial charge in [0.2, 0.25) is 0 Å². The molecule has 2 heterocycles. The number of aryl methyl sites for hydroxylation is 1. The highest BCUT2D eigenvalue weighted by molar-refractivity contribution is 5.92. The Hall–Kier alpha value is -2.76. The highest BCUT2D eigenvalue weighted by Crippen LogP contribution is 2.28. The van der Waals surface area contributed by atoms with Crippen LogP contribution in [0, 0.1) is 11.3 Å². The first-order chi connectivity index (χ1) is 11.1. The number of aromatic nitrogens is 5. The lowest BCUT2D eigenvalue weighted by Gasteiger charge is -2.05. The van der Waals surface area contributed by atoms with Gasteiger partial charge >= 0.3 is 0 Å². The average Bonchev–Trinajstić information content (AvgIpc) is 3.13. The van der Waals surface area contributed by atoms with E-state index in [2.05, 4.69) is 21.5 Å². The Bertz CT molecular complexity index is 935. The summed E-state index contributed by atoms with van der Waals surface area (Å²) < 4.78 is 16.8. The molecule has 3 rings (SSSR count). The zero-order valence-electron chi connectivity index (χ0n) is 12.8. The summed E-state index contributed by atoms with van der Waals surface area (Å²) in [4.78, 5) is 0. The van der Waals surface area contributed by atoms with Gasteiger partial charge in [0.15, 0.2) is 0 Å². The summed E-state index contributed by atoms with van der Waals surface area (Å²) in [7, 11) is 1.80. The Morgan fingerprint density at radius 2 is 2.25 bits per heavy atom. The Morgan fingerprint density at radius 1 is 1.46 bits per heavy atom. The number of fused-ring (bicyclic) bond motifs is 1. The van der Waals surface area contributed by atoms with E-state index in [1.165, 1.54) is 10.8 Å². The molecule has 0 aliphatic carbocycles. The number of nitrogens with zero attached hydrogens (tertiary/aromatic N) is 6. The van der Waals surface area contributed by atoms with Crippen molar-refractivity contribution in [2.24, 2.45) is 12.8 Å². The summed E-state index contributed by atoms with van der Waals surface area (Å²) in [5, 5.41) is 21.5. The molecule has 2 aromatic heterocycles. The van der Waals surface area contributed by atoms with Gasteiger partial charge in [-0.3, -0.25) is 4.68 Å². The van der Waals surface area contributed by atoms with Crippen LogP contribution in [0.2, 0.25) is 0 Å². The third kappa shape index (κ3) is 3.13. The molecule has 124 valence electrons. The summed E-state index contributed by atoms with van der Waals surface area (Å²) >= 11 is 0. The predicted molar refractivity (Wildman–Crippen MR) is 89.9 cm³/mol. The van der Waals surface area contributed by atoms with Crippen molar-refractivity contribution in [1.82, 2.24) is 24.8 Å². The first kappa shape index (κ1) is 17.6. The van der Waals surface area contributed by atoms with Gasteiger partial charge in [-0.25, -0.2) is 9.07 Å². The van der Waals surface area contributed by atoms with Crippen LogP contribution in [-0.2, 0) is 13.6 Å². The number of halogens is 2. The van der Waals surface area contributed by atoms with Crippen molar-refractivity contribution in [3.05, 3.63) is 41.9 Å². The van der Waals surface area contributed by atoms with E-state index >= 15 is 0 Å². The molecule has 0 atom stereocenters. The van der Waals surface area contributed by atoms with Crippen LogP contribution in [0.25, 0.3) is 22.3 Å². The van der Waals surface area contributed by atoms with Gasteiger partial charge in [-0.05, 0) is 24.3 Å². The van der Waals surface area contributed by atoms with Crippen LogP contribution in [0.1, 0.15) is 5.56 Å². The second kappa shape index (κ2) is 7.21. The van der Waals surface area contributed by atoms with E-state index in [-0.39, 0.29) is 25.5 Å². The second-order valence-corrected chi connectivity index (χ2v) is 4.98. The number of nitrogens with two attached hydrogens (primary N) is 1. The lowest BCUT2D eigenvalue weighted by Crippen LogP contribution is -2.03. The largest absolute Gasteiger partial charge is 0.327 e. The molecule has 0 saturated carbocycles. The fraction of sp³-hybridized carbons (Fsp3) is 0.200. The van der Waals surface area contributed by atoms with Crippen molar-refractivity contribution in [2.45, 2.75) is 6.54 Å². The normalized spacial score (nSPS) is 11.3. The van der Waals surface area contributed by atoms with Crippen LogP contribution in [0.3, 0.4) is 0 Å². The lowest BCUT2D eigenvalue weighted by molar-refractivity contribution is 0.524. The van der Waals surface area contributed by atoms with Crippen molar-refractivity contribution in [1.29, 1.82) is 5.26 Å². The smallest absolute Gasteiger partial charge is 0.122 e. The van der Waals surface area contributed by atoms with Crippen molar-refractivity contribution in [2.75, 3.05) is 6.54 Å². The Labute approximate surface area is 143 Å². The van der Waals surface area contributed by atoms with E-state index in [9.17, 15) is 9.65 Å². The zero-order valence-corrected chi connectivity index (χ0v) is 13.7. The van der Waals surface area contributed by atoms with Gasteiger partial charge in [0, 0.05) is 25.4 Å². The molecule has 24 heavy (non-hydrogen) atoms. The van der Waals surface area contributed by atoms with Gasteiger partial charge in [-0.2, -0.15) is 10.4 Å². The molecule has 0 radical (unpaired) electrons. The third-order valence-electron chi connectivity index (χ3n) is 3.49. The third-order valence-corrected chi connectivity index (χ3v) is 3.49. The first-order valence-electron chi connectivity index (χ1n) is 6.94. The van der Waals surface area contributed by atoms with E-state index in [1.54, 1.807) is 30.1 Å². The molecule has 1 aromatic carbocycles. The van der Waals surface area contributed by atoms with Crippen LogP contribution in [0.15, 0.2) is 36.3 Å². The summed E-state index contributed by atoms with van der Waals surface area (Å²) in [6, 6.07) is 7.30. The molecule has 2 N–H and O–H groups in total. The monoisotopic (exact) mass is 347 g/mol. The molecule has 0 saturated heterocycles. The standard InChI is InChI=1S/C15H14FN7.ClH/c1-22-13(3-5-19-22)12-6-10(8-18)7-14-15(12)20-21-23(14)9-11(16)2-4-17;/h2-3,5-7H,4,9,17H2,1H3;1H/b11-2-;. The van der Waals surface area contributed by atoms with Gasteiger partial charge in [-0.15, -0.1) is 17.5 Å². The molecule has 0 aliphatic rings. The molecule has 0 aliphatic heterocycles. The number of hydrogen-bond acceptors (Lipinski definition) is 5. The minimum Gasteiger partial charge on any atom is -0.327 e. The number of benzene rings is 1. The number of hydrogen-bond donors (Lipinski definition) is 1. The number of nitriles is 1. The molecule has 0 fully saturated rings. The minimum absolute atomic E-state index is 0. The highest BCUT2D eigenvalue weighted by atomic mass is 35.5. The molecule has 0 unspecified atom stereocenters. The summed E-state index contributed by atoms with van der Waals surface area (Å²) in [6.07, 6.45) is 2.94. The Balaban J connectivity index is 0.00000208. The molecule has 0 spiro atoms. The molecule has 9 heteroatoms. The van der Waals surface area contributed by atoms with E-state index in [0.29, 0.717) is 16.6 Å². The summed E-state index contributed by atoms with van der Waals surface area (Å²) in [5.41, 5.74) is 8.46. The molecule has 7 nitrogen and oxygen atoms in total. The van der Waals surface area contributed by atoms with Crippen LogP contribution in [-0.4, -0.2) is 31.3 Å². The van der Waals surface area contributed by atoms with Crippen LogP contribution >= 0.6 is 12.4 Å². The average molecular weight is 348 g/mol. The lowest BCUT2D eigenvalue weighted by atomic mass is 10.1. The van der Waals surface area contributed by atoms with Gasteiger partial charge in [0.25, 0.3) is 0 Å². The van der Waals surface area contributed by atoms with Crippen molar-refractivity contribution in [3.8, 4) is 17.3 Å². The van der Waals surface area contributed by atoms with Gasteiger partial charge < -0.3 is 5.73 Å². The first-order valence-corrected chi connectivity index (χ1v) is 6.94. The molecule has 0 bridgehead atoms. The maximum absolute atomic E-state index is 13.7. The zero-order chi connectivity index (χ0) is 16.4.